The van der Waals surface area contributed by atoms with Crippen molar-refractivity contribution in [1.82, 2.24) is 5.32 Å². The van der Waals surface area contributed by atoms with Crippen LogP contribution < -0.4 is 5.32 Å². The van der Waals surface area contributed by atoms with Gasteiger partial charge in [0.25, 0.3) is 0 Å². The number of aliphatic hydroxyl groups excluding tert-OH is 2. The summed E-state index contributed by atoms with van der Waals surface area (Å²) < 4.78 is 5.48. The molecule has 6 nitrogen and oxygen atoms in total. The second kappa shape index (κ2) is 71.3. The first-order valence-electron chi connectivity index (χ1n) is 36.9. The molecule has 1 amide bonds. The first kappa shape index (κ1) is 79.8. The highest BCUT2D eigenvalue weighted by atomic mass is 16.5. The summed E-state index contributed by atoms with van der Waals surface area (Å²) in [6.07, 6.45) is 93.1. The Labute approximate surface area is 512 Å². The van der Waals surface area contributed by atoms with Gasteiger partial charge in [0.05, 0.1) is 25.4 Å². The van der Waals surface area contributed by atoms with Crippen LogP contribution in [-0.2, 0) is 14.3 Å². The van der Waals surface area contributed by atoms with Crippen molar-refractivity contribution in [2.45, 2.75) is 411 Å². The molecule has 0 fully saturated rings. The predicted molar refractivity (Wildman–Crippen MR) is 361 cm³/mol. The lowest BCUT2D eigenvalue weighted by Crippen LogP contribution is -2.45. The molecule has 0 aliphatic heterocycles. The molecular weight excluding hydrogens is 1010 g/mol. The number of nitrogens with one attached hydrogen (secondary N) is 1. The molecule has 0 aromatic heterocycles. The Bertz CT molecular complexity index is 1370. The van der Waals surface area contributed by atoms with E-state index in [0.29, 0.717) is 25.9 Å². The van der Waals surface area contributed by atoms with Gasteiger partial charge in [-0.05, 0) is 89.9 Å². The van der Waals surface area contributed by atoms with Crippen molar-refractivity contribution in [2.24, 2.45) is 0 Å². The highest BCUT2D eigenvalue weighted by Crippen LogP contribution is 2.19. The van der Waals surface area contributed by atoms with E-state index in [1.54, 1.807) is 0 Å². The molecule has 0 aliphatic carbocycles. The van der Waals surface area contributed by atoms with Gasteiger partial charge in [0.1, 0.15) is 0 Å². The summed E-state index contributed by atoms with van der Waals surface area (Å²) in [4.78, 5) is 24.6. The number of aliphatic hydroxyl groups is 2. The van der Waals surface area contributed by atoms with E-state index in [0.717, 1.165) is 57.8 Å². The molecule has 2 unspecified atom stereocenters. The number of amides is 1. The van der Waals surface area contributed by atoms with Crippen LogP contribution in [0, 0.1) is 0 Å². The van der Waals surface area contributed by atoms with Gasteiger partial charge in [-0.25, -0.2) is 0 Å². The predicted octanol–water partition coefficient (Wildman–Crippen LogP) is 24.0. The third-order valence-corrected chi connectivity index (χ3v) is 17.1. The lowest BCUT2D eigenvalue weighted by Gasteiger charge is -2.22. The summed E-state index contributed by atoms with van der Waals surface area (Å²) in [6.45, 7) is 4.95. The first-order valence-corrected chi connectivity index (χ1v) is 36.9. The van der Waals surface area contributed by atoms with E-state index in [1.165, 1.54) is 308 Å². The molecule has 0 saturated carbocycles. The average Bonchev–Trinajstić information content (AvgIpc) is 3.48. The lowest BCUT2D eigenvalue weighted by molar-refractivity contribution is -0.143. The van der Waals surface area contributed by atoms with Crippen LogP contribution in [0.3, 0.4) is 0 Å². The number of carbonyl (C=O) groups excluding carboxylic acids is 2. The van der Waals surface area contributed by atoms with Crippen LogP contribution in [-0.4, -0.2) is 47.4 Å². The van der Waals surface area contributed by atoms with Crippen LogP contribution in [0.5, 0.6) is 0 Å². The molecular formula is C76H143NO5. The van der Waals surface area contributed by atoms with Gasteiger partial charge in [-0.15, -0.1) is 0 Å². The van der Waals surface area contributed by atoms with Gasteiger partial charge in [0.2, 0.25) is 5.91 Å². The maximum Gasteiger partial charge on any atom is 0.305 e. The second-order valence-corrected chi connectivity index (χ2v) is 25.3. The molecule has 0 rings (SSSR count). The smallest absolute Gasteiger partial charge is 0.305 e. The highest BCUT2D eigenvalue weighted by molar-refractivity contribution is 5.76. The van der Waals surface area contributed by atoms with E-state index in [2.05, 4.69) is 67.8 Å². The standard InChI is InChI=1S/C76H143NO5/c1-3-5-7-9-11-13-15-17-19-20-21-22-23-25-28-31-34-37-41-44-48-52-56-60-64-68-74(79)73(72-78)77-75(80)69-65-61-57-53-49-45-42-38-35-32-29-26-24-27-30-33-36-39-43-47-51-55-59-63-67-71-82-76(81)70-66-62-58-54-50-46-40-18-16-14-12-10-8-6-4-2/h12,14,18,26-27,29-30,40,73-74,78-79H,3-11,13,15-17,19-25,28,31-39,41-72H2,1-2H3,(H,77,80)/b14-12-,29-26-,30-27-,40-18-. The molecule has 2 atom stereocenters. The summed E-state index contributed by atoms with van der Waals surface area (Å²) in [5.74, 6) is -0.0417. The molecule has 0 spiro atoms. The molecule has 0 heterocycles. The van der Waals surface area contributed by atoms with Crippen LogP contribution in [0.2, 0.25) is 0 Å². The van der Waals surface area contributed by atoms with Gasteiger partial charge in [-0.1, -0.05) is 345 Å². The van der Waals surface area contributed by atoms with E-state index < -0.39 is 12.1 Å². The average molecular weight is 1150 g/mol. The molecule has 0 aliphatic rings. The zero-order chi connectivity index (χ0) is 59.2. The fourth-order valence-corrected chi connectivity index (χ4v) is 11.5. The minimum absolute atomic E-state index is 0.00459. The van der Waals surface area contributed by atoms with E-state index >= 15 is 0 Å². The number of allylic oxidation sites excluding steroid dienone is 8. The number of unbranched alkanes of at least 4 members (excludes halogenated alkanes) is 50. The van der Waals surface area contributed by atoms with Crippen molar-refractivity contribution in [1.29, 1.82) is 0 Å². The highest BCUT2D eigenvalue weighted by Gasteiger charge is 2.20. The van der Waals surface area contributed by atoms with Crippen molar-refractivity contribution in [3.63, 3.8) is 0 Å². The van der Waals surface area contributed by atoms with Crippen molar-refractivity contribution >= 4 is 11.9 Å². The minimum Gasteiger partial charge on any atom is -0.466 e. The third-order valence-electron chi connectivity index (χ3n) is 17.1. The topological polar surface area (TPSA) is 95.9 Å². The van der Waals surface area contributed by atoms with Crippen LogP contribution in [0.1, 0.15) is 399 Å². The zero-order valence-corrected chi connectivity index (χ0v) is 55.2. The van der Waals surface area contributed by atoms with Gasteiger partial charge >= 0.3 is 5.97 Å². The van der Waals surface area contributed by atoms with Crippen molar-refractivity contribution < 1.29 is 24.5 Å². The number of ether oxygens (including phenoxy) is 1. The minimum atomic E-state index is -0.671. The molecule has 3 N–H and O–H groups in total. The number of esters is 1. The molecule has 0 radical (unpaired) electrons. The lowest BCUT2D eigenvalue weighted by atomic mass is 10.0. The second-order valence-electron chi connectivity index (χ2n) is 25.3. The molecule has 0 saturated heterocycles. The molecule has 82 heavy (non-hydrogen) atoms. The fourth-order valence-electron chi connectivity index (χ4n) is 11.5. The monoisotopic (exact) mass is 1150 g/mol. The van der Waals surface area contributed by atoms with Gasteiger partial charge < -0.3 is 20.3 Å². The Hall–Kier alpha value is -2.18. The van der Waals surface area contributed by atoms with Crippen LogP contribution in [0.15, 0.2) is 48.6 Å². The van der Waals surface area contributed by atoms with Gasteiger partial charge in [0, 0.05) is 12.8 Å². The van der Waals surface area contributed by atoms with Crippen molar-refractivity contribution in [3.8, 4) is 0 Å². The quantitative estimate of drug-likeness (QED) is 0.0320. The SMILES string of the molecule is CCCCC/C=C\C/C=C\CCCCCCCC(=O)OCCCCCCCCCCC/C=C\C/C=C\CCCCCCCCCCCC(=O)NC(CO)C(O)CCCCCCCCCCCCCCCCCCCCCCCCCCC. The van der Waals surface area contributed by atoms with Gasteiger partial charge in [0.15, 0.2) is 0 Å². The summed E-state index contributed by atoms with van der Waals surface area (Å²) >= 11 is 0. The van der Waals surface area contributed by atoms with Gasteiger partial charge in [-0.2, -0.15) is 0 Å². The zero-order valence-electron chi connectivity index (χ0n) is 55.2. The summed E-state index contributed by atoms with van der Waals surface area (Å²) in [6, 6.07) is -0.549. The third kappa shape index (κ3) is 67.0. The normalized spacial score (nSPS) is 12.8. The van der Waals surface area contributed by atoms with Crippen LogP contribution >= 0.6 is 0 Å². The maximum absolute atomic E-state index is 12.6. The number of hydrogen-bond acceptors (Lipinski definition) is 5. The summed E-state index contributed by atoms with van der Waals surface area (Å²) in [5.41, 5.74) is 0. The number of carbonyl (C=O) groups is 2. The Morgan fingerprint density at radius 3 is 0.951 bits per heavy atom. The Morgan fingerprint density at radius 1 is 0.341 bits per heavy atom. The van der Waals surface area contributed by atoms with Crippen molar-refractivity contribution in [2.75, 3.05) is 13.2 Å². The molecule has 6 heteroatoms. The molecule has 0 bridgehead atoms. The van der Waals surface area contributed by atoms with Crippen molar-refractivity contribution in [3.05, 3.63) is 48.6 Å². The van der Waals surface area contributed by atoms with E-state index in [1.807, 2.05) is 0 Å². The first-order chi connectivity index (χ1) is 40.5. The molecule has 0 aromatic carbocycles. The number of rotatable bonds is 69. The van der Waals surface area contributed by atoms with Gasteiger partial charge in [-0.3, -0.25) is 9.59 Å². The summed E-state index contributed by atoms with van der Waals surface area (Å²) in [7, 11) is 0. The van der Waals surface area contributed by atoms with E-state index in [4.69, 9.17) is 4.74 Å². The van der Waals surface area contributed by atoms with Crippen LogP contribution in [0.25, 0.3) is 0 Å². The van der Waals surface area contributed by atoms with Crippen LogP contribution in [0.4, 0.5) is 0 Å². The van der Waals surface area contributed by atoms with E-state index in [-0.39, 0.29) is 18.5 Å². The fraction of sp³-hybridized carbons (Fsp3) is 0.868. The summed E-state index contributed by atoms with van der Waals surface area (Å²) in [5, 5.41) is 23.5. The Balaban J connectivity index is 3.44. The number of hydrogen-bond donors (Lipinski definition) is 3. The van der Waals surface area contributed by atoms with E-state index in [9.17, 15) is 19.8 Å². The Kier molecular flexibility index (Phi) is 69.4. The Morgan fingerprint density at radius 2 is 0.610 bits per heavy atom. The largest absolute Gasteiger partial charge is 0.466 e. The molecule has 0 aromatic rings. The molecule has 482 valence electrons. The maximum atomic E-state index is 12.6.